The van der Waals surface area contributed by atoms with Crippen LogP contribution in [-0.2, 0) is 4.79 Å². The number of halogens is 1. The Hall–Kier alpha value is -4.50. The van der Waals surface area contributed by atoms with Gasteiger partial charge in [0.1, 0.15) is 11.6 Å². The highest BCUT2D eigenvalue weighted by molar-refractivity contribution is 5.90. The molecule has 0 spiro atoms. The average Bonchev–Trinajstić information content (AvgIpc) is 3.24. The van der Waals surface area contributed by atoms with E-state index >= 15 is 0 Å². The SMILES string of the molecule is N#Cc1ccc(OC(=O)/C=C/c2cn(-c3ccccc3)nc2-c2ccc(F)cc2)cc1. The first kappa shape index (κ1) is 19.8. The lowest BCUT2D eigenvalue weighted by molar-refractivity contribution is -0.128. The maximum atomic E-state index is 13.4. The summed E-state index contributed by atoms with van der Waals surface area (Å²) in [5.41, 5.74) is 3.33. The van der Waals surface area contributed by atoms with Gasteiger partial charge in [-0.25, -0.2) is 13.9 Å². The number of carbonyl (C=O) groups is 1. The van der Waals surface area contributed by atoms with Gasteiger partial charge < -0.3 is 4.74 Å². The summed E-state index contributed by atoms with van der Waals surface area (Å²) in [4.78, 5) is 12.3. The summed E-state index contributed by atoms with van der Waals surface area (Å²) in [6.45, 7) is 0. The lowest BCUT2D eigenvalue weighted by Crippen LogP contribution is -2.03. The van der Waals surface area contributed by atoms with Crippen molar-refractivity contribution in [3.8, 4) is 28.8 Å². The van der Waals surface area contributed by atoms with Crippen LogP contribution in [0.4, 0.5) is 4.39 Å². The molecule has 0 radical (unpaired) electrons. The molecular formula is C25H16FN3O2. The second-order valence-electron chi connectivity index (χ2n) is 6.61. The number of ether oxygens (including phenoxy) is 1. The van der Waals surface area contributed by atoms with Crippen molar-refractivity contribution in [1.29, 1.82) is 5.26 Å². The van der Waals surface area contributed by atoms with E-state index in [9.17, 15) is 9.18 Å². The Morgan fingerprint density at radius 1 is 1.00 bits per heavy atom. The van der Waals surface area contributed by atoms with Gasteiger partial charge >= 0.3 is 5.97 Å². The number of nitrogens with zero attached hydrogens (tertiary/aromatic N) is 3. The Kier molecular flexibility index (Phi) is 5.68. The molecule has 0 fully saturated rings. The minimum Gasteiger partial charge on any atom is -0.423 e. The van der Waals surface area contributed by atoms with Gasteiger partial charge in [-0.15, -0.1) is 0 Å². The van der Waals surface area contributed by atoms with Crippen LogP contribution >= 0.6 is 0 Å². The van der Waals surface area contributed by atoms with E-state index in [4.69, 9.17) is 10.00 Å². The quantitative estimate of drug-likeness (QED) is 0.259. The number of hydrogen-bond donors (Lipinski definition) is 0. The van der Waals surface area contributed by atoms with E-state index in [1.54, 1.807) is 53.4 Å². The molecule has 0 aliphatic heterocycles. The average molecular weight is 409 g/mol. The van der Waals surface area contributed by atoms with Gasteiger partial charge in [0.2, 0.25) is 0 Å². The van der Waals surface area contributed by atoms with Crippen LogP contribution in [0.5, 0.6) is 5.75 Å². The van der Waals surface area contributed by atoms with Crippen molar-refractivity contribution in [2.24, 2.45) is 0 Å². The maximum absolute atomic E-state index is 13.4. The molecule has 0 atom stereocenters. The Bertz CT molecular complexity index is 1270. The lowest BCUT2D eigenvalue weighted by atomic mass is 10.1. The number of para-hydroxylation sites is 1. The van der Waals surface area contributed by atoms with Gasteiger partial charge in [-0.05, 0) is 66.7 Å². The van der Waals surface area contributed by atoms with Crippen molar-refractivity contribution in [2.75, 3.05) is 0 Å². The first-order valence-corrected chi connectivity index (χ1v) is 9.43. The molecule has 0 amide bonds. The van der Waals surface area contributed by atoms with Gasteiger partial charge in [-0.3, -0.25) is 0 Å². The summed E-state index contributed by atoms with van der Waals surface area (Å²) in [5, 5.41) is 13.5. The molecule has 6 heteroatoms. The van der Waals surface area contributed by atoms with Gasteiger partial charge in [-0.1, -0.05) is 18.2 Å². The standard InChI is InChI=1S/C25H16FN3O2/c26-21-11-8-19(9-12-21)25-20(17-29(28-25)22-4-2-1-3-5-22)10-15-24(30)31-23-13-6-18(16-27)7-14-23/h1-15,17H/b15-10+. The Morgan fingerprint density at radius 2 is 1.71 bits per heavy atom. The zero-order chi connectivity index (χ0) is 21.6. The maximum Gasteiger partial charge on any atom is 0.336 e. The Labute approximate surface area is 178 Å². The van der Waals surface area contributed by atoms with Gasteiger partial charge in [0.15, 0.2) is 0 Å². The number of hydrogen-bond acceptors (Lipinski definition) is 4. The van der Waals surface area contributed by atoms with E-state index in [1.807, 2.05) is 36.4 Å². The normalized spacial score (nSPS) is 10.7. The molecule has 3 aromatic carbocycles. The summed E-state index contributed by atoms with van der Waals surface area (Å²) in [7, 11) is 0. The highest BCUT2D eigenvalue weighted by Crippen LogP contribution is 2.25. The summed E-state index contributed by atoms with van der Waals surface area (Å²) in [6.07, 6.45) is 4.70. The van der Waals surface area contributed by atoms with Crippen LogP contribution in [0.1, 0.15) is 11.1 Å². The fraction of sp³-hybridized carbons (Fsp3) is 0. The van der Waals surface area contributed by atoms with E-state index in [-0.39, 0.29) is 5.82 Å². The zero-order valence-electron chi connectivity index (χ0n) is 16.3. The molecule has 0 aliphatic carbocycles. The van der Waals surface area contributed by atoms with Crippen LogP contribution in [0.15, 0.2) is 91.1 Å². The van der Waals surface area contributed by atoms with Crippen LogP contribution < -0.4 is 4.74 Å². The number of nitriles is 1. The van der Waals surface area contributed by atoms with Crippen molar-refractivity contribution >= 4 is 12.0 Å². The molecular weight excluding hydrogens is 393 g/mol. The third-order valence-electron chi connectivity index (χ3n) is 4.48. The third-order valence-corrected chi connectivity index (χ3v) is 4.48. The number of carbonyl (C=O) groups excluding carboxylic acids is 1. The molecule has 1 heterocycles. The summed E-state index contributed by atoms with van der Waals surface area (Å²) in [5.74, 6) is -0.566. The summed E-state index contributed by atoms with van der Waals surface area (Å²) >= 11 is 0. The lowest BCUT2D eigenvalue weighted by Gasteiger charge is -2.01. The molecule has 0 N–H and O–H groups in total. The van der Waals surface area contributed by atoms with Crippen molar-refractivity contribution in [3.63, 3.8) is 0 Å². The number of benzene rings is 3. The first-order chi connectivity index (χ1) is 15.1. The van der Waals surface area contributed by atoms with Crippen LogP contribution in [0.25, 0.3) is 23.0 Å². The Balaban J connectivity index is 1.62. The van der Waals surface area contributed by atoms with Crippen LogP contribution in [0.2, 0.25) is 0 Å². The molecule has 0 bridgehead atoms. The summed E-state index contributed by atoms with van der Waals surface area (Å²) in [6, 6.07) is 23.8. The van der Waals surface area contributed by atoms with E-state index in [2.05, 4.69) is 5.10 Å². The van der Waals surface area contributed by atoms with E-state index in [0.717, 1.165) is 11.3 Å². The third kappa shape index (κ3) is 4.74. The van der Waals surface area contributed by atoms with E-state index in [1.165, 1.54) is 18.2 Å². The molecule has 4 rings (SSSR count). The van der Waals surface area contributed by atoms with E-state index < -0.39 is 5.97 Å². The molecule has 31 heavy (non-hydrogen) atoms. The Morgan fingerprint density at radius 3 is 2.39 bits per heavy atom. The number of esters is 1. The zero-order valence-corrected chi connectivity index (χ0v) is 16.3. The highest BCUT2D eigenvalue weighted by atomic mass is 19.1. The van der Waals surface area contributed by atoms with E-state index in [0.29, 0.717) is 22.6 Å². The van der Waals surface area contributed by atoms with Gasteiger partial charge in [0, 0.05) is 23.4 Å². The first-order valence-electron chi connectivity index (χ1n) is 9.43. The molecule has 5 nitrogen and oxygen atoms in total. The molecule has 1 aromatic heterocycles. The molecule has 0 saturated carbocycles. The predicted molar refractivity (Wildman–Crippen MR) is 115 cm³/mol. The van der Waals surface area contributed by atoms with Gasteiger partial charge in [0.05, 0.1) is 23.0 Å². The second-order valence-corrected chi connectivity index (χ2v) is 6.61. The van der Waals surface area contributed by atoms with Crippen LogP contribution in [-0.4, -0.2) is 15.7 Å². The second kappa shape index (κ2) is 8.89. The number of aromatic nitrogens is 2. The van der Waals surface area contributed by atoms with Gasteiger partial charge in [0.25, 0.3) is 0 Å². The minimum atomic E-state index is -0.567. The highest BCUT2D eigenvalue weighted by Gasteiger charge is 2.11. The van der Waals surface area contributed by atoms with Crippen molar-refractivity contribution in [3.05, 3.63) is 108 Å². The molecule has 4 aromatic rings. The fourth-order valence-corrected chi connectivity index (χ4v) is 2.96. The largest absolute Gasteiger partial charge is 0.423 e. The minimum absolute atomic E-state index is 0.339. The fourth-order valence-electron chi connectivity index (χ4n) is 2.96. The van der Waals surface area contributed by atoms with Crippen LogP contribution in [0.3, 0.4) is 0 Å². The van der Waals surface area contributed by atoms with Gasteiger partial charge in [-0.2, -0.15) is 10.4 Å². The van der Waals surface area contributed by atoms with Crippen molar-refractivity contribution < 1.29 is 13.9 Å². The smallest absolute Gasteiger partial charge is 0.336 e. The van der Waals surface area contributed by atoms with Crippen LogP contribution in [0, 0.1) is 17.1 Å². The molecule has 0 unspecified atom stereocenters. The molecule has 0 aliphatic rings. The summed E-state index contributed by atoms with van der Waals surface area (Å²) < 4.78 is 20.3. The molecule has 150 valence electrons. The van der Waals surface area contributed by atoms with Crippen molar-refractivity contribution in [1.82, 2.24) is 9.78 Å². The number of rotatable bonds is 5. The van der Waals surface area contributed by atoms with Crippen molar-refractivity contribution in [2.45, 2.75) is 0 Å². The predicted octanol–water partition coefficient (Wildman–Crippen LogP) is 5.17. The molecule has 0 saturated heterocycles. The monoisotopic (exact) mass is 409 g/mol. The topological polar surface area (TPSA) is 67.9 Å².